The highest BCUT2D eigenvalue weighted by Gasteiger charge is 2.92. The Kier molecular flexibility index (Phi) is 14.1. The van der Waals surface area contributed by atoms with Gasteiger partial charge in [-0.15, -0.1) is 0 Å². The Hall–Kier alpha value is -6.22. The van der Waals surface area contributed by atoms with Gasteiger partial charge in [0, 0.05) is 52.5 Å². The molecule has 4 bridgehead atoms. The summed E-state index contributed by atoms with van der Waals surface area (Å²) in [6, 6.07) is 3.68. The number of hydrogen-bond acceptors (Lipinski definition) is 20. The van der Waals surface area contributed by atoms with Crippen LogP contribution in [0.25, 0.3) is 0 Å². The normalized spacial score (nSPS) is 34.1. The van der Waals surface area contributed by atoms with Gasteiger partial charge in [0.2, 0.25) is 5.56 Å². The number of aryl methyl sites for hydroxylation is 1. The molecule has 4 aliphatic rings. The molecule has 1 spiro atoms. The van der Waals surface area contributed by atoms with Crippen LogP contribution in [0.2, 0.25) is 0 Å². The molecule has 6 rings (SSSR count). The van der Waals surface area contributed by atoms with Crippen LogP contribution >= 0.6 is 0 Å². The van der Waals surface area contributed by atoms with Gasteiger partial charge in [-0.1, -0.05) is 41.5 Å². The molecule has 370 valence electrons. The fraction of sp³-hybridized carbons (Fsp3) is 0.617. The minimum Gasteiger partial charge on any atom is -0.464 e. The Morgan fingerprint density at radius 2 is 1.40 bits per heavy atom. The van der Waals surface area contributed by atoms with Gasteiger partial charge in [0.25, 0.3) is 0 Å². The lowest BCUT2D eigenvalue weighted by molar-refractivity contribution is -0.386. The lowest BCUT2D eigenvalue weighted by atomic mass is 9.45. The van der Waals surface area contributed by atoms with Gasteiger partial charge in [-0.25, -0.2) is 9.59 Å². The van der Waals surface area contributed by atoms with Crippen molar-refractivity contribution in [3.8, 4) is 0 Å². The largest absolute Gasteiger partial charge is 0.464 e. The zero-order chi connectivity index (χ0) is 50.6. The average molecular weight is 955 g/mol. The van der Waals surface area contributed by atoms with Gasteiger partial charge in [0.15, 0.2) is 30.0 Å². The monoisotopic (exact) mass is 954 g/mol. The van der Waals surface area contributed by atoms with E-state index in [4.69, 9.17) is 42.6 Å². The van der Waals surface area contributed by atoms with Crippen LogP contribution in [0.5, 0.6) is 0 Å². The van der Waals surface area contributed by atoms with Gasteiger partial charge >= 0.3 is 47.8 Å². The summed E-state index contributed by atoms with van der Waals surface area (Å²) in [7, 11) is 1.35. The zero-order valence-corrected chi connectivity index (χ0v) is 39.9. The van der Waals surface area contributed by atoms with Crippen LogP contribution in [0.3, 0.4) is 0 Å². The van der Waals surface area contributed by atoms with Crippen molar-refractivity contribution in [2.24, 2.45) is 36.1 Å². The summed E-state index contributed by atoms with van der Waals surface area (Å²) >= 11 is 0. The van der Waals surface area contributed by atoms with Gasteiger partial charge in [-0.2, -0.15) is 0 Å². The maximum Gasteiger partial charge on any atom is 0.340 e. The summed E-state index contributed by atoms with van der Waals surface area (Å²) < 4.78 is 57.7. The van der Waals surface area contributed by atoms with Crippen LogP contribution in [-0.4, -0.2) is 129 Å². The molecule has 0 amide bonds. The highest BCUT2D eigenvalue weighted by Crippen LogP contribution is 2.70. The van der Waals surface area contributed by atoms with Crippen molar-refractivity contribution in [2.45, 2.75) is 136 Å². The first-order chi connectivity index (χ1) is 31.7. The molecule has 4 heterocycles. The first-order valence-electron chi connectivity index (χ1n) is 22.2. The molecule has 0 aromatic carbocycles. The lowest BCUT2D eigenvalue weighted by Crippen LogP contribution is -2.89. The van der Waals surface area contributed by atoms with E-state index in [0.29, 0.717) is 0 Å². The fourth-order valence-corrected chi connectivity index (χ4v) is 10.2. The first-order valence-corrected chi connectivity index (χ1v) is 22.2. The van der Waals surface area contributed by atoms with Crippen LogP contribution in [0.4, 0.5) is 0 Å². The second-order valence-corrected chi connectivity index (χ2v) is 19.0. The minimum atomic E-state index is -2.95. The molecule has 13 atom stereocenters. The van der Waals surface area contributed by atoms with E-state index in [0.717, 1.165) is 50.6 Å². The van der Waals surface area contributed by atoms with Crippen LogP contribution < -0.4 is 5.56 Å². The SMILES string of the molecule is CC(=O)OC1C(OC(=O)C(C)C)C2C(OC(C)=O)C34OC2(C)COC(=O)c2cnccc2C(C)C(C)C(=O)OC(C(OC(=O)c2ccc(=O)n(C)c2)C(OC(C)=O)C13COC(=O)C(C)C)C4(C)O. The number of ether oxygens (including phenoxy) is 9. The highest BCUT2D eigenvalue weighted by atomic mass is 16.7. The van der Waals surface area contributed by atoms with E-state index >= 15 is 0 Å². The maximum atomic E-state index is 14.8. The number of aromatic nitrogens is 2. The predicted molar refractivity (Wildman–Crippen MR) is 229 cm³/mol. The second-order valence-electron chi connectivity index (χ2n) is 19.0. The zero-order valence-electron chi connectivity index (χ0n) is 39.9. The van der Waals surface area contributed by atoms with E-state index in [1.165, 1.54) is 67.1 Å². The standard InChI is InChI=1S/C47H58N2O19/c1-21(2)39(54)61-20-46-37(63-26(8)51)33(65-40(55)22(3)4)32-35(62-25(7)50)47(46)45(11,59)36(34(38(46)64-27(9)52)66-42(57)28-13-14-31(53)49(12)18-28)67-41(56)24(6)23(5)29-15-16-48-17-30(29)43(58)60-19-44(32,10)68-47/h13-18,21-24,32-38,59H,19-20H2,1-12H3. The molecule has 3 fully saturated rings. The molecule has 2 aromatic rings. The molecule has 13 unspecified atom stereocenters. The fourth-order valence-electron chi connectivity index (χ4n) is 10.2. The van der Waals surface area contributed by atoms with Gasteiger partial charge in [0.1, 0.15) is 42.0 Å². The maximum absolute atomic E-state index is 14.8. The minimum absolute atomic E-state index is 0.0716. The Balaban J connectivity index is 1.82. The third-order valence-electron chi connectivity index (χ3n) is 13.6. The summed E-state index contributed by atoms with van der Waals surface area (Å²) in [5, 5.41) is 13.9. The Morgan fingerprint density at radius 3 is 1.97 bits per heavy atom. The third kappa shape index (κ3) is 8.51. The van der Waals surface area contributed by atoms with E-state index in [-0.39, 0.29) is 16.7 Å². The smallest absolute Gasteiger partial charge is 0.340 e. The highest BCUT2D eigenvalue weighted by molar-refractivity contribution is 5.91. The number of fused-ring (bicyclic) bond motifs is 5. The molecule has 2 aliphatic heterocycles. The Labute approximate surface area is 391 Å². The van der Waals surface area contributed by atoms with Crippen LogP contribution in [0, 0.1) is 29.1 Å². The van der Waals surface area contributed by atoms with Gasteiger partial charge in [-0.05, 0) is 37.5 Å². The van der Waals surface area contributed by atoms with Crippen molar-refractivity contribution < 1.29 is 86.1 Å². The number of cyclic esters (lactones) is 1. The van der Waals surface area contributed by atoms with E-state index < -0.39 is 155 Å². The number of esters is 8. The Bertz CT molecular complexity index is 2450. The number of pyridine rings is 2. The third-order valence-corrected chi connectivity index (χ3v) is 13.6. The molecule has 0 radical (unpaired) electrons. The molecular formula is C47H58N2O19. The van der Waals surface area contributed by atoms with E-state index in [1.54, 1.807) is 6.92 Å². The summed E-state index contributed by atoms with van der Waals surface area (Å²) in [4.78, 5) is 129. The first kappa shape index (κ1) is 51.2. The van der Waals surface area contributed by atoms with E-state index in [9.17, 15) is 48.3 Å². The van der Waals surface area contributed by atoms with Gasteiger partial charge in [-0.3, -0.25) is 38.5 Å². The quantitative estimate of drug-likeness (QED) is 0.264. The number of nitrogens with zero attached hydrogens (tertiary/aromatic N) is 2. The molecule has 2 aromatic heterocycles. The molecule has 1 N–H and O–H groups in total. The van der Waals surface area contributed by atoms with Gasteiger partial charge in [0.05, 0.1) is 34.8 Å². The van der Waals surface area contributed by atoms with Crippen LogP contribution in [-0.2, 0) is 78.4 Å². The molecule has 68 heavy (non-hydrogen) atoms. The summed E-state index contributed by atoms with van der Waals surface area (Å²) in [5.74, 6) is -13.8. The van der Waals surface area contributed by atoms with Crippen molar-refractivity contribution in [3.05, 3.63) is 63.8 Å². The summed E-state index contributed by atoms with van der Waals surface area (Å²) in [6.45, 7) is 12.5. The Morgan fingerprint density at radius 1 is 0.809 bits per heavy atom. The number of aliphatic hydroxyl groups is 1. The number of carbonyl (C=O) groups excluding carboxylic acids is 8. The van der Waals surface area contributed by atoms with Crippen molar-refractivity contribution in [1.82, 2.24) is 9.55 Å². The van der Waals surface area contributed by atoms with Crippen LogP contribution in [0.15, 0.2) is 41.6 Å². The topological polar surface area (TPSA) is 275 Å². The van der Waals surface area contributed by atoms with E-state index in [2.05, 4.69) is 4.98 Å². The number of hydrogen-bond donors (Lipinski definition) is 1. The molecule has 2 aliphatic carbocycles. The molecule has 2 saturated carbocycles. The van der Waals surface area contributed by atoms with Crippen molar-refractivity contribution in [3.63, 3.8) is 0 Å². The molecule has 21 nitrogen and oxygen atoms in total. The van der Waals surface area contributed by atoms with Crippen molar-refractivity contribution in [1.29, 1.82) is 0 Å². The molecule has 21 heteroatoms. The number of rotatable bonds is 10. The van der Waals surface area contributed by atoms with Crippen LogP contribution in [0.1, 0.15) is 108 Å². The molecule has 1 saturated heterocycles. The van der Waals surface area contributed by atoms with Crippen molar-refractivity contribution in [2.75, 3.05) is 13.2 Å². The lowest BCUT2D eigenvalue weighted by Gasteiger charge is -2.67. The van der Waals surface area contributed by atoms with Crippen molar-refractivity contribution >= 4 is 47.8 Å². The summed E-state index contributed by atoms with van der Waals surface area (Å²) in [6.07, 6.45) is -8.95. The van der Waals surface area contributed by atoms with Gasteiger partial charge < -0.3 is 52.3 Å². The summed E-state index contributed by atoms with van der Waals surface area (Å²) in [5.41, 5.74) is -11.2. The molecular weight excluding hydrogens is 897 g/mol. The predicted octanol–water partition coefficient (Wildman–Crippen LogP) is 2.30. The number of carbonyl (C=O) groups is 8. The van der Waals surface area contributed by atoms with E-state index in [1.807, 2.05) is 0 Å². The second kappa shape index (κ2) is 18.7. The average Bonchev–Trinajstić information content (AvgIpc) is 3.48.